The van der Waals surface area contributed by atoms with E-state index in [0.717, 1.165) is 16.8 Å². The zero-order valence-electron chi connectivity index (χ0n) is 20.8. The molecule has 0 aliphatic carbocycles. The van der Waals surface area contributed by atoms with Crippen LogP contribution in [-0.4, -0.2) is 48.8 Å². The molecule has 0 N–H and O–H groups in total. The normalized spacial score (nSPS) is 28.1. The Bertz CT molecular complexity index is 1230. The zero-order valence-corrected chi connectivity index (χ0v) is 20.8. The molecule has 2 aliphatic rings. The van der Waals surface area contributed by atoms with Crippen LogP contribution in [0.15, 0.2) is 84.9 Å². The van der Waals surface area contributed by atoms with Gasteiger partial charge in [-0.05, 0) is 49.2 Å². The Balaban J connectivity index is 1.48. The molecule has 0 spiro atoms. The van der Waals surface area contributed by atoms with E-state index in [9.17, 15) is 9.59 Å². The summed E-state index contributed by atoms with van der Waals surface area (Å²) in [6.45, 7) is 3.55. The first-order valence-electron chi connectivity index (χ1n) is 12.0. The fraction of sp³-hybridized carbons (Fsp3) is 0.310. The molecule has 2 heterocycles. The van der Waals surface area contributed by atoms with Crippen LogP contribution < -0.4 is 9.64 Å². The maximum atomic E-state index is 13.5. The van der Waals surface area contributed by atoms with Crippen molar-refractivity contribution in [3.05, 3.63) is 96.1 Å². The summed E-state index contributed by atoms with van der Waals surface area (Å²) in [6.07, 6.45) is -1.30. The highest BCUT2D eigenvalue weighted by atomic mass is 16.7. The van der Waals surface area contributed by atoms with Gasteiger partial charge in [-0.1, -0.05) is 60.7 Å². The maximum absolute atomic E-state index is 13.5. The number of carbonyl (C=O) groups is 2. The number of ether oxygens (including phenoxy) is 3. The van der Waals surface area contributed by atoms with Crippen LogP contribution in [0.1, 0.15) is 37.1 Å². The second kappa shape index (κ2) is 9.41. The van der Waals surface area contributed by atoms with E-state index in [1.54, 1.807) is 30.9 Å². The number of para-hydroxylation sites is 1. The topological polar surface area (TPSA) is 68.3 Å². The van der Waals surface area contributed by atoms with Crippen LogP contribution in [0.4, 0.5) is 5.69 Å². The van der Waals surface area contributed by atoms with Crippen molar-refractivity contribution < 1.29 is 23.8 Å². The molecule has 5 atom stereocenters. The van der Waals surface area contributed by atoms with Crippen molar-refractivity contribution in [1.82, 2.24) is 4.90 Å². The van der Waals surface area contributed by atoms with E-state index in [4.69, 9.17) is 14.2 Å². The van der Waals surface area contributed by atoms with E-state index in [1.165, 1.54) is 0 Å². The number of nitrogens with zero attached hydrogens (tertiary/aromatic N) is 2. The van der Waals surface area contributed by atoms with Gasteiger partial charge in [-0.2, -0.15) is 0 Å². The van der Waals surface area contributed by atoms with Crippen molar-refractivity contribution >= 4 is 17.5 Å². The van der Waals surface area contributed by atoms with E-state index < -0.39 is 24.0 Å². The summed E-state index contributed by atoms with van der Waals surface area (Å²) in [5, 5.41) is 0. The minimum absolute atomic E-state index is 0.202. The lowest BCUT2D eigenvalue weighted by Crippen LogP contribution is -2.67. The smallest absolute Gasteiger partial charge is 0.282 e. The molecule has 0 radical (unpaired) electrons. The number of carbonyl (C=O) groups excluding carboxylic acids is 2. The summed E-state index contributed by atoms with van der Waals surface area (Å²) in [7, 11) is 3.35. The Morgan fingerprint density at radius 1 is 0.861 bits per heavy atom. The highest BCUT2D eigenvalue weighted by Crippen LogP contribution is 2.45. The van der Waals surface area contributed by atoms with Crippen LogP contribution in [0.25, 0.3) is 0 Å². The summed E-state index contributed by atoms with van der Waals surface area (Å²) in [4.78, 5) is 30.3. The van der Waals surface area contributed by atoms with Crippen LogP contribution in [-0.2, 0) is 19.1 Å². The van der Waals surface area contributed by atoms with Crippen molar-refractivity contribution in [2.75, 3.05) is 19.1 Å². The van der Waals surface area contributed by atoms with E-state index in [2.05, 4.69) is 0 Å². The van der Waals surface area contributed by atoms with Gasteiger partial charge in [0.05, 0.1) is 19.2 Å². The predicted octanol–water partition coefficient (Wildman–Crippen LogP) is 4.50. The second-order valence-electron chi connectivity index (χ2n) is 9.35. The molecule has 0 saturated carbocycles. The van der Waals surface area contributed by atoms with Gasteiger partial charge in [-0.3, -0.25) is 14.5 Å². The minimum atomic E-state index is -1.63. The Kier molecular flexibility index (Phi) is 6.28. The molecule has 7 nitrogen and oxygen atoms in total. The molecule has 2 amide bonds. The van der Waals surface area contributed by atoms with E-state index in [1.807, 2.05) is 91.9 Å². The lowest BCUT2D eigenvalue weighted by Gasteiger charge is -2.52. The van der Waals surface area contributed by atoms with E-state index in [0.29, 0.717) is 5.75 Å². The molecule has 0 aromatic heterocycles. The van der Waals surface area contributed by atoms with Gasteiger partial charge in [0.15, 0.2) is 6.10 Å². The van der Waals surface area contributed by atoms with Gasteiger partial charge < -0.3 is 19.1 Å². The third-order valence-corrected chi connectivity index (χ3v) is 7.13. The van der Waals surface area contributed by atoms with Crippen LogP contribution in [0.3, 0.4) is 0 Å². The van der Waals surface area contributed by atoms with Gasteiger partial charge in [0.25, 0.3) is 11.8 Å². The average Bonchev–Trinajstić information content (AvgIpc) is 2.92. The molecule has 3 aromatic carbocycles. The summed E-state index contributed by atoms with van der Waals surface area (Å²) >= 11 is 0. The SMILES string of the molecule is COc1ccc([C@H]2[C@@H](O[C@]3(C)O[C@H](c4ccccc4)[C@H](C)N(C)C3=O)C(=O)N2c2ccccc2)cc1. The Hall–Kier alpha value is -3.68. The van der Waals surface area contributed by atoms with Crippen molar-refractivity contribution in [1.29, 1.82) is 0 Å². The molecule has 0 bridgehead atoms. The van der Waals surface area contributed by atoms with Crippen molar-refractivity contribution in [3.8, 4) is 5.75 Å². The van der Waals surface area contributed by atoms with Gasteiger partial charge in [0.2, 0.25) is 5.79 Å². The van der Waals surface area contributed by atoms with Gasteiger partial charge in [0.1, 0.15) is 11.9 Å². The molecule has 7 heteroatoms. The molecular weight excluding hydrogens is 456 g/mol. The van der Waals surface area contributed by atoms with Gasteiger partial charge >= 0.3 is 0 Å². The molecular formula is C29H30N2O5. The Labute approximate surface area is 211 Å². The number of morpholine rings is 1. The highest BCUT2D eigenvalue weighted by molar-refractivity contribution is 6.05. The standard InChI is InChI=1S/C29H30N2O5/c1-19-25(21-11-7-5-8-12-21)35-29(2,28(33)30(19)3)36-26-24(20-15-17-23(34-4)18-16-20)31(27(26)32)22-13-9-6-10-14-22/h5-19,24-26H,1-4H3/t19-,24-,25-,26+,29-/m0/s1. The fourth-order valence-corrected chi connectivity index (χ4v) is 4.99. The zero-order chi connectivity index (χ0) is 25.4. The average molecular weight is 487 g/mol. The quantitative estimate of drug-likeness (QED) is 0.480. The number of likely N-dealkylation sites (N-methyl/N-ethyl adjacent to an activating group) is 1. The van der Waals surface area contributed by atoms with Crippen molar-refractivity contribution in [2.45, 2.75) is 43.9 Å². The lowest BCUT2D eigenvalue weighted by atomic mass is 9.89. The summed E-state index contributed by atoms with van der Waals surface area (Å²) in [6, 6.07) is 26.1. The van der Waals surface area contributed by atoms with Gasteiger partial charge in [-0.15, -0.1) is 0 Å². The maximum Gasteiger partial charge on any atom is 0.282 e. The van der Waals surface area contributed by atoms with Crippen LogP contribution in [0, 0.1) is 0 Å². The molecule has 2 fully saturated rings. The number of anilines is 1. The van der Waals surface area contributed by atoms with Crippen LogP contribution in [0.2, 0.25) is 0 Å². The number of hydrogen-bond acceptors (Lipinski definition) is 5. The molecule has 36 heavy (non-hydrogen) atoms. The highest BCUT2D eigenvalue weighted by Gasteiger charge is 2.57. The van der Waals surface area contributed by atoms with Crippen molar-refractivity contribution in [3.63, 3.8) is 0 Å². The lowest BCUT2D eigenvalue weighted by molar-refractivity contribution is -0.290. The van der Waals surface area contributed by atoms with Gasteiger partial charge in [0, 0.05) is 12.7 Å². The number of rotatable bonds is 6. The Morgan fingerprint density at radius 3 is 2.08 bits per heavy atom. The largest absolute Gasteiger partial charge is 0.497 e. The van der Waals surface area contributed by atoms with Gasteiger partial charge in [-0.25, -0.2) is 0 Å². The first kappa shape index (κ1) is 24.0. The van der Waals surface area contributed by atoms with Crippen molar-refractivity contribution in [2.24, 2.45) is 0 Å². The van der Waals surface area contributed by atoms with E-state index in [-0.39, 0.29) is 17.9 Å². The van der Waals surface area contributed by atoms with E-state index >= 15 is 0 Å². The third kappa shape index (κ3) is 4.04. The Morgan fingerprint density at radius 2 is 1.47 bits per heavy atom. The summed E-state index contributed by atoms with van der Waals surface area (Å²) in [5.74, 6) is -1.46. The monoisotopic (exact) mass is 486 g/mol. The predicted molar refractivity (Wildman–Crippen MR) is 135 cm³/mol. The first-order valence-corrected chi connectivity index (χ1v) is 12.0. The molecule has 5 rings (SSSR count). The third-order valence-electron chi connectivity index (χ3n) is 7.13. The molecule has 0 unspecified atom stereocenters. The summed E-state index contributed by atoms with van der Waals surface area (Å²) < 4.78 is 18.0. The fourth-order valence-electron chi connectivity index (χ4n) is 4.99. The minimum Gasteiger partial charge on any atom is -0.497 e. The number of benzene rings is 3. The molecule has 2 saturated heterocycles. The first-order chi connectivity index (χ1) is 17.3. The molecule has 3 aromatic rings. The number of amides is 2. The number of hydrogen-bond donors (Lipinski definition) is 0. The van der Waals surface area contributed by atoms with Crippen LogP contribution in [0.5, 0.6) is 5.75 Å². The number of β-lactam (4-membered cyclic amide) rings is 1. The summed E-state index contributed by atoms with van der Waals surface area (Å²) in [5.41, 5.74) is 2.58. The molecule has 2 aliphatic heterocycles. The van der Waals surface area contributed by atoms with Crippen LogP contribution >= 0.6 is 0 Å². The molecule has 186 valence electrons. The number of methoxy groups -OCH3 is 1. The second-order valence-corrected chi connectivity index (χ2v) is 9.35.